The molecule has 0 bridgehead atoms. The maximum Gasteiger partial charge on any atom is 0.252 e. The van der Waals surface area contributed by atoms with Crippen LogP contribution >= 0.6 is 15.9 Å². The second-order valence-corrected chi connectivity index (χ2v) is 7.60. The van der Waals surface area contributed by atoms with E-state index < -0.39 is 10.0 Å². The van der Waals surface area contributed by atoms with Gasteiger partial charge in [-0.1, -0.05) is 15.9 Å². The van der Waals surface area contributed by atoms with Gasteiger partial charge in [0.15, 0.2) is 0 Å². The van der Waals surface area contributed by atoms with E-state index in [4.69, 9.17) is 0 Å². The average molecular weight is 396 g/mol. The van der Waals surface area contributed by atoms with Crippen molar-refractivity contribution >= 4 is 31.7 Å². The molecule has 23 heavy (non-hydrogen) atoms. The summed E-state index contributed by atoms with van der Waals surface area (Å²) in [5, 5.41) is 4.02. The molecule has 120 valence electrons. The zero-order chi connectivity index (χ0) is 16.3. The first-order chi connectivity index (χ1) is 11.0. The molecule has 2 heterocycles. The topological polar surface area (TPSA) is 89.2 Å². The molecule has 2 aromatic heterocycles. The van der Waals surface area contributed by atoms with Gasteiger partial charge in [-0.05, 0) is 42.7 Å². The van der Waals surface area contributed by atoms with Crippen LogP contribution in [0, 0.1) is 0 Å². The van der Waals surface area contributed by atoms with Gasteiger partial charge in [0.05, 0.1) is 4.90 Å². The van der Waals surface area contributed by atoms with Crippen LogP contribution in [-0.4, -0.2) is 34.5 Å². The first kappa shape index (κ1) is 16.0. The number of aryl methyl sites for hydroxylation is 1. The number of sulfonamides is 1. The third-order valence-electron chi connectivity index (χ3n) is 3.25. The summed E-state index contributed by atoms with van der Waals surface area (Å²) in [5.74, 6) is 0.546. The van der Waals surface area contributed by atoms with E-state index >= 15 is 0 Å². The average Bonchev–Trinajstić information content (AvgIpc) is 3.00. The van der Waals surface area contributed by atoms with E-state index in [1.807, 2.05) is 6.20 Å². The van der Waals surface area contributed by atoms with Crippen molar-refractivity contribution < 1.29 is 8.42 Å². The van der Waals surface area contributed by atoms with Gasteiger partial charge in [0.1, 0.15) is 6.33 Å². The zero-order valence-corrected chi connectivity index (χ0v) is 14.5. The summed E-state index contributed by atoms with van der Waals surface area (Å²) in [4.78, 5) is 8.40. The first-order valence-electron chi connectivity index (χ1n) is 6.94. The lowest BCUT2D eigenvalue weighted by Crippen LogP contribution is -2.25. The Bertz CT molecular complexity index is 908. The van der Waals surface area contributed by atoms with Crippen molar-refractivity contribution in [2.24, 2.45) is 0 Å². The highest BCUT2D eigenvalue weighted by molar-refractivity contribution is 9.10. The molecule has 3 aromatic rings. The Morgan fingerprint density at radius 1 is 1.17 bits per heavy atom. The van der Waals surface area contributed by atoms with Gasteiger partial charge in [-0.25, -0.2) is 22.6 Å². The summed E-state index contributed by atoms with van der Waals surface area (Å²) in [7, 11) is -3.47. The molecule has 0 aliphatic heterocycles. The molecule has 0 spiro atoms. The fraction of sp³-hybridized carbons (Fsp3) is 0.214. The normalized spacial score (nSPS) is 11.9. The number of hydrogen-bond donors (Lipinski definition) is 1. The number of rotatable bonds is 6. The summed E-state index contributed by atoms with van der Waals surface area (Å²) in [5.41, 5.74) is 0.978. The standard InChI is InChI=1S/C14H14BrN5O2S/c15-12-3-5-13(6-4-12)23(21,22)19-7-1-2-11-8-16-14-17-10-18-20(14)9-11/h3-6,8-10,19H,1-2,7H2. The van der Waals surface area contributed by atoms with Crippen molar-refractivity contribution in [3.05, 3.63) is 53.0 Å². The largest absolute Gasteiger partial charge is 0.252 e. The Morgan fingerprint density at radius 3 is 2.74 bits per heavy atom. The van der Waals surface area contributed by atoms with Crippen LogP contribution in [0.1, 0.15) is 12.0 Å². The summed E-state index contributed by atoms with van der Waals surface area (Å²) >= 11 is 3.28. The monoisotopic (exact) mass is 395 g/mol. The van der Waals surface area contributed by atoms with Crippen LogP contribution in [0.4, 0.5) is 0 Å². The predicted octanol–water partition coefficient (Wildman–Crippen LogP) is 1.80. The van der Waals surface area contributed by atoms with Crippen molar-refractivity contribution in [2.45, 2.75) is 17.7 Å². The van der Waals surface area contributed by atoms with Gasteiger partial charge in [-0.15, -0.1) is 0 Å². The Morgan fingerprint density at radius 2 is 1.96 bits per heavy atom. The third-order valence-corrected chi connectivity index (χ3v) is 5.25. The second kappa shape index (κ2) is 6.73. The van der Waals surface area contributed by atoms with Gasteiger partial charge < -0.3 is 0 Å². The maximum atomic E-state index is 12.1. The SMILES string of the molecule is O=S(=O)(NCCCc1cnc2ncnn2c1)c1ccc(Br)cc1. The highest BCUT2D eigenvalue weighted by Gasteiger charge is 2.12. The van der Waals surface area contributed by atoms with Crippen LogP contribution in [0.25, 0.3) is 5.78 Å². The van der Waals surface area contributed by atoms with Crippen LogP contribution < -0.4 is 4.72 Å². The van der Waals surface area contributed by atoms with E-state index in [9.17, 15) is 8.42 Å². The Kier molecular flexibility index (Phi) is 4.69. The minimum atomic E-state index is -3.47. The number of fused-ring (bicyclic) bond motifs is 1. The molecule has 0 aliphatic carbocycles. The number of nitrogens with zero attached hydrogens (tertiary/aromatic N) is 4. The van der Waals surface area contributed by atoms with Gasteiger partial charge in [0.25, 0.3) is 5.78 Å². The van der Waals surface area contributed by atoms with Crippen molar-refractivity contribution in [1.29, 1.82) is 0 Å². The minimum absolute atomic E-state index is 0.256. The molecule has 0 saturated heterocycles. The smallest absolute Gasteiger partial charge is 0.219 e. The number of hydrogen-bond acceptors (Lipinski definition) is 5. The van der Waals surface area contributed by atoms with Crippen LogP contribution in [0.15, 0.2) is 52.4 Å². The van der Waals surface area contributed by atoms with Gasteiger partial charge in [0.2, 0.25) is 10.0 Å². The predicted molar refractivity (Wildman–Crippen MR) is 88.4 cm³/mol. The molecule has 0 saturated carbocycles. The molecule has 0 radical (unpaired) electrons. The molecule has 3 rings (SSSR count). The molecule has 0 amide bonds. The molecule has 0 unspecified atom stereocenters. The quantitative estimate of drug-likeness (QED) is 0.642. The fourth-order valence-electron chi connectivity index (χ4n) is 2.08. The molecule has 7 nitrogen and oxygen atoms in total. The zero-order valence-electron chi connectivity index (χ0n) is 12.1. The molecule has 0 atom stereocenters. The molecule has 1 N–H and O–H groups in total. The van der Waals surface area contributed by atoms with Gasteiger partial charge in [-0.2, -0.15) is 10.1 Å². The molecular weight excluding hydrogens is 382 g/mol. The van der Waals surface area contributed by atoms with E-state index in [1.165, 1.54) is 6.33 Å². The van der Waals surface area contributed by atoms with Crippen LogP contribution in [0.5, 0.6) is 0 Å². The molecule has 0 fully saturated rings. The van der Waals surface area contributed by atoms with Crippen molar-refractivity contribution in [3.63, 3.8) is 0 Å². The number of halogens is 1. The van der Waals surface area contributed by atoms with E-state index in [2.05, 4.69) is 35.7 Å². The van der Waals surface area contributed by atoms with Gasteiger partial charge in [-0.3, -0.25) is 0 Å². The number of aromatic nitrogens is 4. The van der Waals surface area contributed by atoms with Gasteiger partial charge in [0, 0.05) is 23.4 Å². The van der Waals surface area contributed by atoms with E-state index in [-0.39, 0.29) is 4.90 Å². The van der Waals surface area contributed by atoms with Crippen molar-refractivity contribution in [2.75, 3.05) is 6.54 Å². The number of nitrogens with one attached hydrogen (secondary N) is 1. The van der Waals surface area contributed by atoms with Crippen molar-refractivity contribution in [3.8, 4) is 0 Å². The fourth-order valence-corrected chi connectivity index (χ4v) is 3.42. The second-order valence-electron chi connectivity index (χ2n) is 4.92. The van der Waals surface area contributed by atoms with Crippen LogP contribution in [0.2, 0.25) is 0 Å². The van der Waals surface area contributed by atoms with E-state index in [1.54, 1.807) is 35.0 Å². The van der Waals surface area contributed by atoms with Crippen LogP contribution in [0.3, 0.4) is 0 Å². The molecule has 9 heteroatoms. The Labute approximate surface area is 142 Å². The Hall–Kier alpha value is -1.84. The summed E-state index contributed by atoms with van der Waals surface area (Å²) < 4.78 is 29.3. The maximum absolute atomic E-state index is 12.1. The summed E-state index contributed by atoms with van der Waals surface area (Å²) in [6, 6.07) is 6.53. The highest BCUT2D eigenvalue weighted by Crippen LogP contribution is 2.14. The first-order valence-corrected chi connectivity index (χ1v) is 9.22. The van der Waals surface area contributed by atoms with Gasteiger partial charge >= 0.3 is 0 Å². The lowest BCUT2D eigenvalue weighted by Gasteiger charge is -2.07. The number of benzene rings is 1. The minimum Gasteiger partial charge on any atom is -0.219 e. The highest BCUT2D eigenvalue weighted by atomic mass is 79.9. The summed E-state index contributed by atoms with van der Waals surface area (Å²) in [6.45, 7) is 0.355. The van der Waals surface area contributed by atoms with E-state index in [0.717, 1.165) is 10.0 Å². The lowest BCUT2D eigenvalue weighted by molar-refractivity contribution is 0.579. The lowest BCUT2D eigenvalue weighted by atomic mass is 10.2. The Balaban J connectivity index is 1.55. The summed E-state index contributed by atoms with van der Waals surface area (Å²) in [6.07, 6.45) is 6.38. The van der Waals surface area contributed by atoms with E-state index in [0.29, 0.717) is 25.2 Å². The van der Waals surface area contributed by atoms with Crippen molar-refractivity contribution in [1.82, 2.24) is 24.3 Å². The molecular formula is C14H14BrN5O2S. The molecule has 1 aromatic carbocycles. The third kappa shape index (κ3) is 3.92. The molecule has 0 aliphatic rings. The van der Waals surface area contributed by atoms with Crippen LogP contribution in [-0.2, 0) is 16.4 Å².